The van der Waals surface area contributed by atoms with Crippen molar-refractivity contribution in [3.05, 3.63) is 59.4 Å². The van der Waals surface area contributed by atoms with Crippen LogP contribution in [0.3, 0.4) is 0 Å². The molecule has 1 saturated heterocycles. The highest BCUT2D eigenvalue weighted by atomic mass is 19.1. The van der Waals surface area contributed by atoms with Gasteiger partial charge >= 0.3 is 6.03 Å². The second kappa shape index (κ2) is 8.72. The van der Waals surface area contributed by atoms with Gasteiger partial charge in [0.05, 0.1) is 20.3 Å². The van der Waals surface area contributed by atoms with E-state index in [1.807, 2.05) is 43.0 Å². The van der Waals surface area contributed by atoms with Gasteiger partial charge < -0.3 is 19.7 Å². The van der Waals surface area contributed by atoms with E-state index in [9.17, 15) is 9.18 Å². The van der Waals surface area contributed by atoms with Crippen LogP contribution in [-0.4, -0.2) is 38.2 Å². The first-order chi connectivity index (χ1) is 13.9. The molecule has 6 heteroatoms. The number of rotatable bonds is 6. The molecule has 0 radical (unpaired) electrons. The van der Waals surface area contributed by atoms with Crippen LogP contribution in [-0.2, 0) is 5.41 Å². The molecule has 0 aromatic heterocycles. The fourth-order valence-electron chi connectivity index (χ4n) is 3.94. The number of nitrogens with zero attached hydrogens (tertiary/aromatic N) is 1. The van der Waals surface area contributed by atoms with Crippen molar-refractivity contribution in [2.75, 3.05) is 27.3 Å². The van der Waals surface area contributed by atoms with E-state index in [0.29, 0.717) is 18.7 Å². The van der Waals surface area contributed by atoms with E-state index in [0.717, 1.165) is 29.9 Å². The number of carbonyl (C=O) groups excluding carboxylic acids is 1. The first-order valence-corrected chi connectivity index (χ1v) is 9.89. The first kappa shape index (κ1) is 21.0. The van der Waals surface area contributed by atoms with Crippen LogP contribution < -0.4 is 14.8 Å². The number of halogens is 1. The van der Waals surface area contributed by atoms with Crippen LogP contribution in [0.1, 0.15) is 43.9 Å². The van der Waals surface area contributed by atoms with Crippen molar-refractivity contribution in [2.45, 2.75) is 38.1 Å². The third-order valence-corrected chi connectivity index (χ3v) is 5.59. The van der Waals surface area contributed by atoms with Crippen molar-refractivity contribution < 1.29 is 18.7 Å². The molecule has 3 rings (SSSR count). The lowest BCUT2D eigenvalue weighted by molar-refractivity contribution is 0.189. The van der Waals surface area contributed by atoms with Gasteiger partial charge in [0.2, 0.25) is 0 Å². The summed E-state index contributed by atoms with van der Waals surface area (Å²) in [7, 11) is 3.25. The van der Waals surface area contributed by atoms with Crippen LogP contribution in [0.4, 0.5) is 9.18 Å². The number of hydrogen-bond acceptors (Lipinski definition) is 3. The second-order valence-electron chi connectivity index (χ2n) is 7.98. The fraction of sp³-hybridized carbons (Fsp3) is 0.435. The quantitative estimate of drug-likeness (QED) is 0.767. The Balaban J connectivity index is 1.75. The molecule has 156 valence electrons. The van der Waals surface area contributed by atoms with Crippen LogP contribution in [0, 0.1) is 5.82 Å². The van der Waals surface area contributed by atoms with Crippen molar-refractivity contribution >= 4 is 6.03 Å². The summed E-state index contributed by atoms with van der Waals surface area (Å²) < 4.78 is 25.1. The summed E-state index contributed by atoms with van der Waals surface area (Å²) in [6.45, 7) is 4.86. The Morgan fingerprint density at radius 3 is 2.66 bits per heavy atom. The van der Waals surface area contributed by atoms with Crippen LogP contribution in [0.15, 0.2) is 42.5 Å². The molecular weight excluding hydrogens is 371 g/mol. The number of methoxy groups -OCH3 is 2. The van der Waals surface area contributed by atoms with Crippen molar-refractivity contribution in [3.63, 3.8) is 0 Å². The van der Waals surface area contributed by atoms with E-state index in [1.165, 1.54) is 6.07 Å². The Morgan fingerprint density at radius 2 is 1.97 bits per heavy atom. The Kier molecular flexibility index (Phi) is 6.30. The highest BCUT2D eigenvalue weighted by Gasteiger charge is 2.33. The summed E-state index contributed by atoms with van der Waals surface area (Å²) in [6, 6.07) is 12.1. The first-order valence-electron chi connectivity index (χ1n) is 9.89. The predicted molar refractivity (Wildman–Crippen MR) is 111 cm³/mol. The lowest BCUT2D eigenvalue weighted by atomic mass is 9.84. The number of amides is 2. The third kappa shape index (κ3) is 4.47. The highest BCUT2D eigenvalue weighted by Crippen LogP contribution is 2.39. The monoisotopic (exact) mass is 400 g/mol. The van der Waals surface area contributed by atoms with Crippen molar-refractivity contribution in [1.29, 1.82) is 0 Å². The van der Waals surface area contributed by atoms with Gasteiger partial charge in [0.15, 0.2) is 0 Å². The van der Waals surface area contributed by atoms with Gasteiger partial charge in [-0.25, -0.2) is 9.18 Å². The zero-order chi connectivity index (χ0) is 21.0. The molecule has 1 N–H and O–H groups in total. The number of urea groups is 1. The minimum atomic E-state index is -0.524. The zero-order valence-corrected chi connectivity index (χ0v) is 17.5. The van der Waals surface area contributed by atoms with Crippen LogP contribution in [0.5, 0.6) is 11.5 Å². The maximum atomic E-state index is 14.2. The molecule has 0 aliphatic carbocycles. The molecule has 1 aliphatic heterocycles. The number of likely N-dealkylation sites (tertiary alicyclic amines) is 1. The molecule has 0 bridgehead atoms. The van der Waals surface area contributed by atoms with Gasteiger partial charge in [-0.05, 0) is 42.7 Å². The van der Waals surface area contributed by atoms with Crippen LogP contribution in [0.25, 0.3) is 0 Å². The standard InChI is InChI=1S/C23H29FN2O3/c1-23(2,18-8-5-6-9-19(18)24)15-25-22(27)26-13-7-10-20(26)17-14-16(28-3)11-12-21(17)29-4/h5-6,8-9,11-12,14,20H,7,10,13,15H2,1-4H3,(H,25,27). The smallest absolute Gasteiger partial charge is 0.317 e. The van der Waals surface area contributed by atoms with Gasteiger partial charge in [-0.1, -0.05) is 32.0 Å². The van der Waals surface area contributed by atoms with Gasteiger partial charge in [0, 0.05) is 24.1 Å². The number of benzene rings is 2. The van der Waals surface area contributed by atoms with Crippen molar-refractivity contribution in [2.24, 2.45) is 0 Å². The Labute approximate surface area is 171 Å². The second-order valence-corrected chi connectivity index (χ2v) is 7.98. The number of nitrogens with one attached hydrogen (secondary N) is 1. The summed E-state index contributed by atoms with van der Waals surface area (Å²) in [5, 5.41) is 3.00. The maximum Gasteiger partial charge on any atom is 0.317 e. The van der Waals surface area contributed by atoms with Gasteiger partial charge in [0.1, 0.15) is 17.3 Å². The number of hydrogen-bond donors (Lipinski definition) is 1. The molecule has 1 unspecified atom stereocenters. The summed E-state index contributed by atoms with van der Waals surface area (Å²) in [5.41, 5.74) is 1.00. The topological polar surface area (TPSA) is 50.8 Å². The summed E-state index contributed by atoms with van der Waals surface area (Å²) >= 11 is 0. The fourth-order valence-corrected chi connectivity index (χ4v) is 3.94. The summed E-state index contributed by atoms with van der Waals surface area (Å²) in [4.78, 5) is 14.8. The highest BCUT2D eigenvalue weighted by molar-refractivity contribution is 5.75. The molecule has 1 aliphatic rings. The molecular formula is C23H29FN2O3. The van der Waals surface area contributed by atoms with E-state index in [2.05, 4.69) is 5.32 Å². The largest absolute Gasteiger partial charge is 0.497 e. The maximum absolute atomic E-state index is 14.2. The molecule has 2 amide bonds. The molecule has 29 heavy (non-hydrogen) atoms. The summed E-state index contributed by atoms with van der Waals surface area (Å²) in [6.07, 6.45) is 1.77. The van der Waals surface area contributed by atoms with E-state index >= 15 is 0 Å². The van der Waals surface area contributed by atoms with Crippen molar-refractivity contribution in [3.8, 4) is 11.5 Å². The molecule has 5 nitrogen and oxygen atoms in total. The van der Waals surface area contributed by atoms with E-state index in [-0.39, 0.29) is 17.9 Å². The van der Waals surface area contributed by atoms with Gasteiger partial charge in [-0.15, -0.1) is 0 Å². The average molecular weight is 400 g/mol. The minimum absolute atomic E-state index is 0.0865. The molecule has 1 heterocycles. The predicted octanol–water partition coefficient (Wildman–Crippen LogP) is 4.67. The molecule has 1 fully saturated rings. The molecule has 1 atom stereocenters. The minimum Gasteiger partial charge on any atom is -0.497 e. The third-order valence-electron chi connectivity index (χ3n) is 5.59. The van der Waals surface area contributed by atoms with Gasteiger partial charge in [-0.3, -0.25) is 0 Å². The average Bonchev–Trinajstić information content (AvgIpc) is 3.21. The Morgan fingerprint density at radius 1 is 1.21 bits per heavy atom. The number of ether oxygens (including phenoxy) is 2. The molecule has 2 aromatic carbocycles. The normalized spacial score (nSPS) is 16.6. The molecule has 2 aromatic rings. The van der Waals surface area contributed by atoms with E-state index < -0.39 is 5.41 Å². The lowest BCUT2D eigenvalue weighted by Crippen LogP contribution is -2.44. The van der Waals surface area contributed by atoms with Crippen LogP contribution in [0.2, 0.25) is 0 Å². The number of carbonyl (C=O) groups is 1. The van der Waals surface area contributed by atoms with Crippen molar-refractivity contribution in [1.82, 2.24) is 10.2 Å². The SMILES string of the molecule is COc1ccc(OC)c(C2CCCN2C(=O)NCC(C)(C)c2ccccc2F)c1. The summed E-state index contributed by atoms with van der Waals surface area (Å²) in [5.74, 6) is 1.21. The Hall–Kier alpha value is -2.76. The van der Waals surface area contributed by atoms with Gasteiger partial charge in [-0.2, -0.15) is 0 Å². The van der Waals surface area contributed by atoms with E-state index in [1.54, 1.807) is 26.4 Å². The molecule has 0 spiro atoms. The van der Waals surface area contributed by atoms with Crippen LogP contribution >= 0.6 is 0 Å². The lowest BCUT2D eigenvalue weighted by Gasteiger charge is -2.30. The zero-order valence-electron chi connectivity index (χ0n) is 17.5. The molecule has 0 saturated carbocycles. The van der Waals surface area contributed by atoms with Gasteiger partial charge in [0.25, 0.3) is 0 Å². The Bertz CT molecular complexity index is 869. The van der Waals surface area contributed by atoms with E-state index in [4.69, 9.17) is 9.47 Å².